The lowest BCUT2D eigenvalue weighted by Crippen LogP contribution is -2.40. The second-order valence-corrected chi connectivity index (χ2v) is 8.64. The fraction of sp³-hybridized carbons (Fsp3) is 0.875. The van der Waals surface area contributed by atoms with Crippen LogP contribution in [0.1, 0.15) is 58.3 Å². The molecule has 138 valence electrons. The molecule has 24 heavy (non-hydrogen) atoms. The molecule has 1 aliphatic carbocycles. The molecule has 2 rings (SSSR count). The van der Waals surface area contributed by atoms with Crippen LogP contribution in [0.5, 0.6) is 0 Å². The van der Waals surface area contributed by atoms with E-state index in [1.807, 2.05) is 6.92 Å². The minimum atomic E-state index is -3.13. The smallest absolute Gasteiger partial charge is 0.260 e. The van der Waals surface area contributed by atoms with Gasteiger partial charge in [-0.05, 0) is 19.3 Å². The lowest BCUT2D eigenvalue weighted by molar-refractivity contribution is -0.126. The van der Waals surface area contributed by atoms with Gasteiger partial charge in [-0.2, -0.15) is 0 Å². The van der Waals surface area contributed by atoms with Crippen molar-refractivity contribution in [3.63, 3.8) is 0 Å². The molecule has 0 radical (unpaired) electrons. The molecule has 2 aliphatic rings. The summed E-state index contributed by atoms with van der Waals surface area (Å²) in [6.45, 7) is 2.68. The van der Waals surface area contributed by atoms with E-state index in [4.69, 9.17) is 4.84 Å². The number of sulfonamides is 1. The Balaban J connectivity index is 1.67. The second kappa shape index (κ2) is 9.36. The molecule has 0 atom stereocenters. The Hall–Kier alpha value is -1.15. The third kappa shape index (κ3) is 6.05. The van der Waals surface area contributed by atoms with Crippen LogP contribution in [0.15, 0.2) is 5.16 Å². The van der Waals surface area contributed by atoms with E-state index in [0.29, 0.717) is 32.4 Å². The van der Waals surface area contributed by atoms with Crippen molar-refractivity contribution < 1.29 is 18.0 Å². The number of piperidine rings is 1. The molecule has 7 nitrogen and oxygen atoms in total. The Morgan fingerprint density at radius 3 is 2.54 bits per heavy atom. The molecule has 1 aliphatic heterocycles. The number of hydrogen-bond donors (Lipinski definition) is 1. The van der Waals surface area contributed by atoms with Crippen molar-refractivity contribution in [2.75, 3.05) is 25.4 Å². The van der Waals surface area contributed by atoms with Crippen LogP contribution in [0.3, 0.4) is 0 Å². The maximum absolute atomic E-state index is 12.0. The van der Waals surface area contributed by atoms with Crippen LogP contribution in [0, 0.1) is 0 Å². The monoisotopic (exact) mass is 359 g/mol. The predicted molar refractivity (Wildman–Crippen MR) is 93.3 cm³/mol. The van der Waals surface area contributed by atoms with Gasteiger partial charge in [0.25, 0.3) is 5.91 Å². The van der Waals surface area contributed by atoms with Gasteiger partial charge in [0.15, 0.2) is 6.61 Å². The van der Waals surface area contributed by atoms with Crippen LogP contribution in [-0.4, -0.2) is 55.8 Å². The zero-order valence-electron chi connectivity index (χ0n) is 14.5. The lowest BCUT2D eigenvalue weighted by Gasteiger charge is -2.26. The SMILES string of the molecule is CCCS(=O)(=O)N1CCC(=NOCC(=O)NC2CCCCC2)CC1. The molecule has 1 heterocycles. The van der Waals surface area contributed by atoms with Gasteiger partial charge in [0.2, 0.25) is 10.0 Å². The second-order valence-electron chi connectivity index (χ2n) is 6.55. The highest BCUT2D eigenvalue weighted by Gasteiger charge is 2.25. The van der Waals surface area contributed by atoms with E-state index in [1.165, 1.54) is 23.6 Å². The molecule has 0 unspecified atom stereocenters. The zero-order chi connectivity index (χ0) is 17.4. The first kappa shape index (κ1) is 19.2. The number of nitrogens with zero attached hydrogens (tertiary/aromatic N) is 2. The van der Waals surface area contributed by atoms with E-state index in [1.54, 1.807) is 0 Å². The summed E-state index contributed by atoms with van der Waals surface area (Å²) in [6.07, 6.45) is 7.43. The van der Waals surface area contributed by atoms with Gasteiger partial charge >= 0.3 is 0 Å². The summed E-state index contributed by atoms with van der Waals surface area (Å²) in [5, 5.41) is 6.99. The van der Waals surface area contributed by atoms with Crippen molar-refractivity contribution in [2.24, 2.45) is 5.16 Å². The Morgan fingerprint density at radius 1 is 1.25 bits per heavy atom. The van der Waals surface area contributed by atoms with Crippen molar-refractivity contribution in [1.82, 2.24) is 9.62 Å². The maximum Gasteiger partial charge on any atom is 0.260 e. The largest absolute Gasteiger partial charge is 0.386 e. The number of hydrogen-bond acceptors (Lipinski definition) is 5. The van der Waals surface area contributed by atoms with Crippen molar-refractivity contribution >= 4 is 21.6 Å². The first-order chi connectivity index (χ1) is 11.5. The van der Waals surface area contributed by atoms with Crippen LogP contribution in [-0.2, 0) is 19.7 Å². The Kier molecular flexibility index (Phi) is 7.48. The molecule has 0 aromatic heterocycles. The van der Waals surface area contributed by atoms with Crippen molar-refractivity contribution in [3.05, 3.63) is 0 Å². The molecule has 1 amide bonds. The molecule has 0 spiro atoms. The highest BCUT2D eigenvalue weighted by molar-refractivity contribution is 7.89. The highest BCUT2D eigenvalue weighted by atomic mass is 32.2. The zero-order valence-corrected chi connectivity index (χ0v) is 15.3. The van der Waals surface area contributed by atoms with E-state index in [0.717, 1.165) is 18.6 Å². The van der Waals surface area contributed by atoms with E-state index >= 15 is 0 Å². The van der Waals surface area contributed by atoms with Gasteiger partial charge in [0.05, 0.1) is 11.5 Å². The quantitative estimate of drug-likeness (QED) is 0.700. The molecule has 1 saturated carbocycles. The summed E-state index contributed by atoms with van der Waals surface area (Å²) in [4.78, 5) is 17.0. The summed E-state index contributed by atoms with van der Waals surface area (Å²) in [5.74, 6) is 0.0614. The topological polar surface area (TPSA) is 88.1 Å². The van der Waals surface area contributed by atoms with Crippen LogP contribution in [0.4, 0.5) is 0 Å². The first-order valence-corrected chi connectivity index (χ1v) is 10.6. The minimum absolute atomic E-state index is 0.0716. The average molecular weight is 359 g/mol. The maximum atomic E-state index is 12.0. The van der Waals surface area contributed by atoms with Gasteiger partial charge in [-0.3, -0.25) is 4.79 Å². The van der Waals surface area contributed by atoms with Crippen LogP contribution < -0.4 is 5.32 Å². The van der Waals surface area contributed by atoms with Gasteiger partial charge < -0.3 is 10.2 Å². The number of amides is 1. The van der Waals surface area contributed by atoms with Crippen LogP contribution in [0.2, 0.25) is 0 Å². The van der Waals surface area contributed by atoms with Gasteiger partial charge in [-0.1, -0.05) is 31.3 Å². The van der Waals surface area contributed by atoms with Crippen molar-refractivity contribution in [1.29, 1.82) is 0 Å². The predicted octanol–water partition coefficient (Wildman–Crippen LogP) is 1.64. The number of carbonyl (C=O) groups excluding carboxylic acids is 1. The lowest BCUT2D eigenvalue weighted by atomic mass is 9.95. The number of oxime groups is 1. The van der Waals surface area contributed by atoms with E-state index in [-0.39, 0.29) is 24.3 Å². The van der Waals surface area contributed by atoms with Gasteiger partial charge in [-0.25, -0.2) is 12.7 Å². The molecule has 0 aromatic carbocycles. The van der Waals surface area contributed by atoms with Gasteiger partial charge in [0, 0.05) is 32.0 Å². The summed E-state index contributed by atoms with van der Waals surface area (Å²) in [7, 11) is -3.13. The molecule has 1 N–H and O–H groups in total. The Morgan fingerprint density at radius 2 is 1.92 bits per heavy atom. The highest BCUT2D eigenvalue weighted by Crippen LogP contribution is 2.17. The standard InChI is InChI=1S/C16H29N3O4S/c1-2-12-24(21,22)19-10-8-15(9-11-19)18-23-13-16(20)17-14-6-4-3-5-7-14/h14H,2-13H2,1H3,(H,17,20). The Labute approximate surface area is 144 Å². The average Bonchev–Trinajstić information content (AvgIpc) is 2.56. The molecule has 2 fully saturated rings. The molecular formula is C16H29N3O4S. The van der Waals surface area contributed by atoms with Gasteiger partial charge in [-0.15, -0.1) is 0 Å². The van der Waals surface area contributed by atoms with Crippen LogP contribution >= 0.6 is 0 Å². The third-order valence-corrected chi connectivity index (χ3v) is 6.59. The summed E-state index contributed by atoms with van der Waals surface area (Å²) in [5.41, 5.74) is 0.823. The number of rotatable bonds is 7. The van der Waals surface area contributed by atoms with E-state index in [9.17, 15) is 13.2 Å². The van der Waals surface area contributed by atoms with E-state index < -0.39 is 10.0 Å². The summed E-state index contributed by atoms with van der Waals surface area (Å²) >= 11 is 0. The third-order valence-electron chi connectivity index (χ3n) is 4.51. The first-order valence-electron chi connectivity index (χ1n) is 8.96. The molecule has 0 bridgehead atoms. The van der Waals surface area contributed by atoms with Crippen LogP contribution in [0.25, 0.3) is 0 Å². The van der Waals surface area contributed by atoms with E-state index in [2.05, 4.69) is 10.5 Å². The Bertz CT molecular complexity index is 532. The van der Waals surface area contributed by atoms with Crippen molar-refractivity contribution in [2.45, 2.75) is 64.3 Å². The molecule has 8 heteroatoms. The normalized spacial score (nSPS) is 20.6. The summed E-state index contributed by atoms with van der Waals surface area (Å²) in [6, 6.07) is 0.273. The number of nitrogens with one attached hydrogen (secondary N) is 1. The fourth-order valence-electron chi connectivity index (χ4n) is 3.20. The van der Waals surface area contributed by atoms with Gasteiger partial charge in [0.1, 0.15) is 0 Å². The fourth-order valence-corrected chi connectivity index (χ4v) is 4.71. The molecular weight excluding hydrogens is 330 g/mol. The molecule has 1 saturated heterocycles. The van der Waals surface area contributed by atoms with Crippen molar-refractivity contribution in [3.8, 4) is 0 Å². The minimum Gasteiger partial charge on any atom is -0.386 e. The number of carbonyl (C=O) groups is 1. The molecule has 0 aromatic rings. The summed E-state index contributed by atoms with van der Waals surface area (Å²) < 4.78 is 25.5.